The van der Waals surface area contributed by atoms with Crippen molar-refractivity contribution in [3.8, 4) is 0 Å². The number of aromatic nitrogens is 3. The Hall–Kier alpha value is -1.77. The lowest BCUT2D eigenvalue weighted by molar-refractivity contribution is 0.466. The highest BCUT2D eigenvalue weighted by Gasteiger charge is 2.26. The number of nitrogens with one attached hydrogen (secondary N) is 1. The van der Waals surface area contributed by atoms with Crippen molar-refractivity contribution in [2.45, 2.75) is 37.1 Å². The number of H-pyrrole nitrogens is 1. The number of sulfonamides is 1. The van der Waals surface area contributed by atoms with Crippen LogP contribution in [0.3, 0.4) is 0 Å². The molecule has 3 aromatic rings. The summed E-state index contributed by atoms with van der Waals surface area (Å²) in [6, 6.07) is 3.51. The average molecular weight is 362 g/mol. The zero-order valence-corrected chi connectivity index (χ0v) is 15.0. The molecule has 0 unspecified atom stereocenters. The maximum Gasteiger partial charge on any atom is 0.245 e. The molecule has 0 saturated heterocycles. The second kappa shape index (κ2) is 5.94. The molecule has 1 aliphatic carbocycles. The molecule has 0 saturated carbocycles. The van der Waals surface area contributed by atoms with Gasteiger partial charge in [0.05, 0.1) is 12.2 Å². The van der Waals surface area contributed by atoms with Crippen molar-refractivity contribution in [2.24, 2.45) is 0 Å². The van der Waals surface area contributed by atoms with E-state index in [1.165, 1.54) is 28.2 Å². The molecule has 6 nitrogen and oxygen atoms in total. The number of hydrogen-bond donors (Lipinski definition) is 1. The highest BCUT2D eigenvalue weighted by atomic mass is 32.2. The summed E-state index contributed by atoms with van der Waals surface area (Å²) in [7, 11) is -1.99. The molecule has 126 valence electrons. The van der Waals surface area contributed by atoms with E-state index in [4.69, 9.17) is 0 Å². The molecular formula is C16H18N4O2S2. The van der Waals surface area contributed by atoms with Gasteiger partial charge >= 0.3 is 0 Å². The molecule has 1 aliphatic rings. The lowest BCUT2D eigenvalue weighted by atomic mass is 10.0. The SMILES string of the molecule is CN(Cc1nc2c(s1)CCCC2)S(=O)(=O)c1c[nH]c2ncccc12. The summed E-state index contributed by atoms with van der Waals surface area (Å²) in [5.41, 5.74) is 1.73. The minimum absolute atomic E-state index is 0.259. The molecule has 24 heavy (non-hydrogen) atoms. The maximum atomic E-state index is 12.9. The Morgan fingerprint density at radius 1 is 1.33 bits per heavy atom. The van der Waals surface area contributed by atoms with Crippen molar-refractivity contribution in [2.75, 3.05) is 7.05 Å². The first kappa shape index (κ1) is 15.7. The first-order valence-electron chi connectivity index (χ1n) is 7.91. The lowest BCUT2D eigenvalue weighted by Crippen LogP contribution is -2.26. The van der Waals surface area contributed by atoms with Gasteiger partial charge in [-0.25, -0.2) is 18.4 Å². The van der Waals surface area contributed by atoms with E-state index < -0.39 is 10.0 Å². The second-order valence-corrected chi connectivity index (χ2v) is 9.18. The normalized spacial score (nSPS) is 15.1. The van der Waals surface area contributed by atoms with E-state index in [0.717, 1.165) is 23.5 Å². The third-order valence-corrected chi connectivity index (χ3v) is 7.33. The van der Waals surface area contributed by atoms with Crippen LogP contribution < -0.4 is 0 Å². The van der Waals surface area contributed by atoms with Crippen LogP contribution in [0.25, 0.3) is 11.0 Å². The van der Waals surface area contributed by atoms with Crippen LogP contribution in [-0.2, 0) is 29.4 Å². The van der Waals surface area contributed by atoms with Gasteiger partial charge in [-0.1, -0.05) is 0 Å². The van der Waals surface area contributed by atoms with E-state index in [2.05, 4.69) is 15.0 Å². The number of rotatable bonds is 4. The summed E-state index contributed by atoms with van der Waals surface area (Å²) < 4.78 is 27.2. The summed E-state index contributed by atoms with van der Waals surface area (Å²) >= 11 is 1.64. The maximum absolute atomic E-state index is 12.9. The van der Waals surface area contributed by atoms with Gasteiger partial charge in [-0.15, -0.1) is 11.3 Å². The Bertz CT molecular complexity index is 967. The van der Waals surface area contributed by atoms with Gasteiger partial charge < -0.3 is 4.98 Å². The molecule has 0 atom stereocenters. The fourth-order valence-electron chi connectivity index (χ4n) is 3.06. The summed E-state index contributed by atoms with van der Waals surface area (Å²) in [5, 5.41) is 1.48. The number of thiazole rings is 1. The number of aromatic amines is 1. The molecule has 0 radical (unpaired) electrons. The summed E-state index contributed by atoms with van der Waals surface area (Å²) in [6.07, 6.45) is 7.60. The topological polar surface area (TPSA) is 79.0 Å². The number of fused-ring (bicyclic) bond motifs is 2. The first-order chi connectivity index (χ1) is 11.6. The molecule has 0 aliphatic heterocycles. The van der Waals surface area contributed by atoms with Crippen LogP contribution >= 0.6 is 11.3 Å². The van der Waals surface area contributed by atoms with Crippen LogP contribution in [0.5, 0.6) is 0 Å². The smallest absolute Gasteiger partial charge is 0.245 e. The summed E-state index contributed by atoms with van der Waals surface area (Å²) in [6.45, 7) is 0.299. The third kappa shape index (κ3) is 2.64. The van der Waals surface area contributed by atoms with E-state index in [1.807, 2.05) is 0 Å². The van der Waals surface area contributed by atoms with E-state index in [9.17, 15) is 8.42 Å². The fourth-order valence-corrected chi connectivity index (χ4v) is 5.63. The van der Waals surface area contributed by atoms with Crippen molar-refractivity contribution in [3.05, 3.63) is 40.1 Å². The van der Waals surface area contributed by atoms with Crippen molar-refractivity contribution < 1.29 is 8.42 Å². The molecule has 0 fully saturated rings. The van der Waals surface area contributed by atoms with E-state index in [-0.39, 0.29) is 4.90 Å². The summed E-state index contributed by atoms with van der Waals surface area (Å²) in [4.78, 5) is 13.3. The van der Waals surface area contributed by atoms with Crippen molar-refractivity contribution >= 4 is 32.4 Å². The number of hydrogen-bond acceptors (Lipinski definition) is 5. The zero-order chi connectivity index (χ0) is 16.7. The van der Waals surface area contributed by atoms with Crippen LogP contribution in [0.4, 0.5) is 0 Å². The van der Waals surface area contributed by atoms with Crippen LogP contribution in [0.15, 0.2) is 29.4 Å². The lowest BCUT2D eigenvalue weighted by Gasteiger charge is -2.15. The van der Waals surface area contributed by atoms with Gasteiger partial charge in [0.1, 0.15) is 15.6 Å². The van der Waals surface area contributed by atoms with E-state index >= 15 is 0 Å². The monoisotopic (exact) mass is 362 g/mol. The Kier molecular flexibility index (Phi) is 3.90. The fraction of sp³-hybridized carbons (Fsp3) is 0.375. The second-order valence-electron chi connectivity index (χ2n) is 6.00. The predicted octanol–water partition coefficient (Wildman–Crippen LogP) is 2.72. The highest BCUT2D eigenvalue weighted by molar-refractivity contribution is 7.89. The molecule has 0 bridgehead atoms. The summed E-state index contributed by atoms with van der Waals surface area (Å²) in [5.74, 6) is 0. The Morgan fingerprint density at radius 3 is 3.00 bits per heavy atom. The predicted molar refractivity (Wildman–Crippen MR) is 93.5 cm³/mol. The average Bonchev–Trinajstić information content (AvgIpc) is 3.18. The molecule has 1 N–H and O–H groups in total. The van der Waals surface area contributed by atoms with E-state index in [1.54, 1.807) is 36.7 Å². The van der Waals surface area contributed by atoms with Crippen LogP contribution in [0.1, 0.15) is 28.4 Å². The number of nitrogens with zero attached hydrogens (tertiary/aromatic N) is 3. The molecular weight excluding hydrogens is 344 g/mol. The highest BCUT2D eigenvalue weighted by Crippen LogP contribution is 2.29. The zero-order valence-electron chi connectivity index (χ0n) is 13.3. The van der Waals surface area contributed by atoms with Crippen LogP contribution in [-0.4, -0.2) is 34.7 Å². The van der Waals surface area contributed by atoms with Gasteiger partial charge in [0.15, 0.2) is 0 Å². The minimum atomic E-state index is -3.59. The number of aryl methyl sites for hydroxylation is 2. The molecule has 3 heterocycles. The molecule has 8 heteroatoms. The van der Waals surface area contributed by atoms with Crippen molar-refractivity contribution in [1.29, 1.82) is 0 Å². The quantitative estimate of drug-likeness (QED) is 0.774. The first-order valence-corrected chi connectivity index (χ1v) is 10.2. The van der Waals surface area contributed by atoms with Crippen LogP contribution in [0, 0.1) is 0 Å². The van der Waals surface area contributed by atoms with E-state index in [0.29, 0.717) is 17.6 Å². The van der Waals surface area contributed by atoms with Gasteiger partial charge in [-0.05, 0) is 37.8 Å². The molecule has 0 amide bonds. The molecule has 0 spiro atoms. The van der Waals surface area contributed by atoms with Gasteiger partial charge in [0.2, 0.25) is 10.0 Å². The van der Waals surface area contributed by atoms with Crippen molar-refractivity contribution in [1.82, 2.24) is 19.3 Å². The molecule has 3 aromatic heterocycles. The Morgan fingerprint density at radius 2 is 2.17 bits per heavy atom. The Labute approximate surface area is 144 Å². The van der Waals surface area contributed by atoms with Gasteiger partial charge in [0.25, 0.3) is 0 Å². The van der Waals surface area contributed by atoms with Crippen LogP contribution in [0.2, 0.25) is 0 Å². The van der Waals surface area contributed by atoms with Gasteiger partial charge in [-0.2, -0.15) is 4.31 Å². The third-order valence-electron chi connectivity index (χ3n) is 4.35. The number of pyridine rings is 1. The van der Waals surface area contributed by atoms with Gasteiger partial charge in [-0.3, -0.25) is 0 Å². The Balaban J connectivity index is 1.63. The minimum Gasteiger partial charge on any atom is -0.345 e. The molecule has 0 aromatic carbocycles. The van der Waals surface area contributed by atoms with Crippen molar-refractivity contribution in [3.63, 3.8) is 0 Å². The molecule has 4 rings (SSSR count). The largest absolute Gasteiger partial charge is 0.345 e. The standard InChI is InChI=1S/C16H18N4O2S2/c1-20(10-15-19-12-6-2-3-7-13(12)23-15)24(21,22)14-9-18-16-11(14)5-4-8-17-16/h4-5,8-9H,2-3,6-7,10H2,1H3,(H,17,18). The van der Waals surface area contributed by atoms with Gasteiger partial charge in [0, 0.05) is 29.7 Å².